The zero-order valence-electron chi connectivity index (χ0n) is 17.3. The van der Waals surface area contributed by atoms with Gasteiger partial charge < -0.3 is 20.9 Å². The second-order valence-corrected chi connectivity index (χ2v) is 8.09. The lowest BCUT2D eigenvalue weighted by atomic mass is 10.1. The topological polar surface area (TPSA) is 90.5 Å². The van der Waals surface area contributed by atoms with Crippen LogP contribution in [0.15, 0.2) is 66.0 Å². The fourth-order valence-electron chi connectivity index (χ4n) is 2.91. The first-order valence-corrected chi connectivity index (χ1v) is 10.6. The average molecular weight is 437 g/mol. The normalized spacial score (nSPS) is 10.5. The molecule has 0 spiro atoms. The van der Waals surface area contributed by atoms with Gasteiger partial charge in [0.25, 0.3) is 11.8 Å². The lowest BCUT2D eigenvalue weighted by Crippen LogP contribution is -2.27. The molecular weight excluding hydrogens is 412 g/mol. The summed E-state index contributed by atoms with van der Waals surface area (Å²) in [4.78, 5) is 39.4. The Morgan fingerprint density at radius 2 is 1.71 bits per heavy atom. The summed E-state index contributed by atoms with van der Waals surface area (Å²) >= 11 is 1.34. The summed E-state index contributed by atoms with van der Waals surface area (Å²) in [6, 6.07) is 17.7. The third kappa shape index (κ3) is 6.50. The largest absolute Gasteiger partial charge is 0.348 e. The predicted octanol–water partition coefficient (Wildman–Crippen LogP) is 3.43. The number of carbonyl (C=O) groups excluding carboxylic acids is 3. The quantitative estimate of drug-likeness (QED) is 0.505. The van der Waals surface area contributed by atoms with Gasteiger partial charge in [-0.1, -0.05) is 30.3 Å². The number of benzene rings is 2. The molecule has 3 aromatic rings. The Balaban J connectivity index is 1.63. The van der Waals surface area contributed by atoms with Crippen LogP contribution < -0.4 is 16.0 Å². The molecule has 0 aliphatic carbocycles. The van der Waals surface area contributed by atoms with Gasteiger partial charge in [0.1, 0.15) is 0 Å². The highest BCUT2D eigenvalue weighted by Crippen LogP contribution is 2.18. The number of hydrogen-bond acceptors (Lipinski definition) is 5. The first-order valence-electron chi connectivity index (χ1n) is 9.68. The van der Waals surface area contributed by atoms with Crippen LogP contribution in [-0.4, -0.2) is 43.3 Å². The lowest BCUT2D eigenvalue weighted by molar-refractivity contribution is -0.116. The predicted molar refractivity (Wildman–Crippen MR) is 124 cm³/mol. The van der Waals surface area contributed by atoms with E-state index < -0.39 is 0 Å². The van der Waals surface area contributed by atoms with E-state index in [1.807, 2.05) is 37.7 Å². The van der Waals surface area contributed by atoms with Crippen LogP contribution in [0.1, 0.15) is 25.6 Å². The maximum absolute atomic E-state index is 12.8. The number of nitrogens with zero attached hydrogens (tertiary/aromatic N) is 1. The fourth-order valence-corrected chi connectivity index (χ4v) is 3.53. The number of hydrogen-bond donors (Lipinski definition) is 3. The average Bonchev–Trinajstić information content (AvgIpc) is 3.27. The summed E-state index contributed by atoms with van der Waals surface area (Å²) < 4.78 is 0. The van der Waals surface area contributed by atoms with Gasteiger partial charge >= 0.3 is 0 Å². The molecule has 3 amide bonds. The lowest BCUT2D eigenvalue weighted by Gasteiger charge is -2.13. The molecule has 3 N–H and O–H groups in total. The summed E-state index contributed by atoms with van der Waals surface area (Å²) in [7, 11) is 3.65. The number of thiophene rings is 1. The van der Waals surface area contributed by atoms with Crippen LogP contribution >= 0.6 is 11.3 Å². The van der Waals surface area contributed by atoms with Gasteiger partial charge in [-0.25, -0.2) is 0 Å². The van der Waals surface area contributed by atoms with Crippen LogP contribution in [-0.2, 0) is 11.3 Å². The van der Waals surface area contributed by atoms with Crippen molar-refractivity contribution in [2.45, 2.75) is 6.54 Å². The number of anilines is 2. The highest BCUT2D eigenvalue weighted by Gasteiger charge is 2.14. The molecule has 0 unspecified atom stereocenters. The molecule has 0 radical (unpaired) electrons. The number of amides is 3. The number of para-hydroxylation sites is 1. The van der Waals surface area contributed by atoms with Crippen molar-refractivity contribution in [1.29, 1.82) is 0 Å². The number of nitrogens with one attached hydrogen (secondary N) is 3. The Labute approximate surface area is 185 Å². The van der Waals surface area contributed by atoms with Crippen molar-refractivity contribution in [1.82, 2.24) is 10.2 Å². The fraction of sp³-hybridized carbons (Fsp3) is 0.174. The van der Waals surface area contributed by atoms with E-state index in [1.54, 1.807) is 47.4 Å². The van der Waals surface area contributed by atoms with Crippen molar-refractivity contribution in [3.05, 3.63) is 82.0 Å². The third-order valence-electron chi connectivity index (χ3n) is 4.29. The SMILES string of the molecule is CN(C)CC(=O)Nc1cccc(CNC(=O)c2ccccc2NC(=O)c2cccs2)c1. The van der Waals surface area contributed by atoms with E-state index in [4.69, 9.17) is 0 Å². The molecule has 160 valence electrons. The zero-order chi connectivity index (χ0) is 22.2. The van der Waals surface area contributed by atoms with Gasteiger partial charge in [-0.15, -0.1) is 11.3 Å². The molecule has 1 heterocycles. The van der Waals surface area contributed by atoms with E-state index in [2.05, 4.69) is 16.0 Å². The molecule has 3 rings (SSSR count). The van der Waals surface area contributed by atoms with Gasteiger partial charge in [-0.3, -0.25) is 14.4 Å². The molecule has 1 aromatic heterocycles. The summed E-state index contributed by atoms with van der Waals surface area (Å²) in [6.45, 7) is 0.568. The number of carbonyl (C=O) groups is 3. The van der Waals surface area contributed by atoms with E-state index in [0.29, 0.717) is 21.8 Å². The molecule has 0 atom stereocenters. The zero-order valence-corrected chi connectivity index (χ0v) is 18.2. The van der Waals surface area contributed by atoms with Gasteiger partial charge in [0.2, 0.25) is 5.91 Å². The molecule has 0 aliphatic rings. The summed E-state index contributed by atoms with van der Waals surface area (Å²) in [6.07, 6.45) is 0. The summed E-state index contributed by atoms with van der Waals surface area (Å²) in [5, 5.41) is 10.3. The maximum atomic E-state index is 12.8. The molecule has 0 bridgehead atoms. The Kier molecular flexibility index (Phi) is 7.53. The van der Waals surface area contributed by atoms with E-state index in [1.165, 1.54) is 11.3 Å². The van der Waals surface area contributed by atoms with Crippen LogP contribution in [0.4, 0.5) is 11.4 Å². The Hall–Kier alpha value is -3.49. The van der Waals surface area contributed by atoms with E-state index in [9.17, 15) is 14.4 Å². The molecule has 0 fully saturated rings. The minimum absolute atomic E-state index is 0.110. The van der Waals surface area contributed by atoms with E-state index in [-0.39, 0.29) is 30.8 Å². The van der Waals surface area contributed by atoms with E-state index >= 15 is 0 Å². The molecule has 0 saturated heterocycles. The van der Waals surface area contributed by atoms with Crippen molar-refractivity contribution in [3.63, 3.8) is 0 Å². The second-order valence-electron chi connectivity index (χ2n) is 7.15. The first-order chi connectivity index (χ1) is 14.9. The van der Waals surface area contributed by atoms with Crippen molar-refractivity contribution in [2.75, 3.05) is 31.3 Å². The second kappa shape index (κ2) is 10.5. The molecule has 31 heavy (non-hydrogen) atoms. The smallest absolute Gasteiger partial charge is 0.265 e. The summed E-state index contributed by atoms with van der Waals surface area (Å²) in [5.41, 5.74) is 2.34. The van der Waals surface area contributed by atoms with Gasteiger partial charge in [0.05, 0.1) is 22.7 Å². The third-order valence-corrected chi connectivity index (χ3v) is 5.16. The van der Waals surface area contributed by atoms with Gasteiger partial charge in [0, 0.05) is 12.2 Å². The highest BCUT2D eigenvalue weighted by atomic mass is 32.1. The maximum Gasteiger partial charge on any atom is 0.265 e. The van der Waals surface area contributed by atoms with Crippen LogP contribution in [0, 0.1) is 0 Å². The van der Waals surface area contributed by atoms with Gasteiger partial charge in [-0.05, 0) is 55.4 Å². The van der Waals surface area contributed by atoms with Crippen LogP contribution in [0.25, 0.3) is 0 Å². The Morgan fingerprint density at radius 1 is 0.903 bits per heavy atom. The standard InChI is InChI=1S/C23H24N4O3S/c1-27(2)15-21(28)25-17-8-5-7-16(13-17)14-24-22(29)18-9-3-4-10-19(18)26-23(30)20-11-6-12-31-20/h3-13H,14-15H2,1-2H3,(H,24,29)(H,25,28)(H,26,30). The Bertz CT molecular complexity index is 1060. The van der Waals surface area contributed by atoms with Crippen molar-refractivity contribution in [2.24, 2.45) is 0 Å². The molecular formula is C23H24N4O3S. The summed E-state index contributed by atoms with van der Waals surface area (Å²) in [5.74, 6) is -0.665. The van der Waals surface area contributed by atoms with Crippen LogP contribution in [0.2, 0.25) is 0 Å². The van der Waals surface area contributed by atoms with Gasteiger partial charge in [0.15, 0.2) is 0 Å². The van der Waals surface area contributed by atoms with Crippen molar-refractivity contribution >= 4 is 40.4 Å². The minimum atomic E-state index is -0.302. The highest BCUT2D eigenvalue weighted by molar-refractivity contribution is 7.12. The number of rotatable bonds is 8. The number of likely N-dealkylation sites (N-methyl/N-ethyl adjacent to an activating group) is 1. The molecule has 0 aliphatic heterocycles. The monoisotopic (exact) mass is 436 g/mol. The van der Waals surface area contributed by atoms with Crippen molar-refractivity contribution < 1.29 is 14.4 Å². The molecule has 8 heteroatoms. The molecule has 0 saturated carbocycles. The van der Waals surface area contributed by atoms with Crippen molar-refractivity contribution in [3.8, 4) is 0 Å². The van der Waals surface area contributed by atoms with Crippen LogP contribution in [0.5, 0.6) is 0 Å². The van der Waals surface area contributed by atoms with Gasteiger partial charge in [-0.2, -0.15) is 0 Å². The molecule has 7 nitrogen and oxygen atoms in total. The first kappa shape index (κ1) is 22.2. The van der Waals surface area contributed by atoms with Crippen LogP contribution in [0.3, 0.4) is 0 Å². The minimum Gasteiger partial charge on any atom is -0.348 e. The van der Waals surface area contributed by atoms with E-state index in [0.717, 1.165) is 5.56 Å². The molecule has 2 aromatic carbocycles. The Morgan fingerprint density at radius 3 is 2.45 bits per heavy atom.